The van der Waals surface area contributed by atoms with Crippen molar-refractivity contribution >= 4 is 17.8 Å². The number of carbonyl (C=O) groups is 2. The quantitative estimate of drug-likeness (QED) is 0.834. The van der Waals surface area contributed by atoms with Crippen LogP contribution in [0.5, 0.6) is 0 Å². The molecule has 2 fully saturated rings. The molecule has 0 unspecified atom stereocenters. The van der Waals surface area contributed by atoms with Gasteiger partial charge in [-0.15, -0.1) is 0 Å². The van der Waals surface area contributed by atoms with Crippen LogP contribution in [0.4, 0.5) is 10.6 Å². The molecule has 2 saturated heterocycles. The second kappa shape index (κ2) is 7.63. The van der Waals surface area contributed by atoms with Gasteiger partial charge in [0, 0.05) is 45.3 Å². The summed E-state index contributed by atoms with van der Waals surface area (Å²) in [7, 11) is 0. The molecule has 9 nitrogen and oxygen atoms in total. The summed E-state index contributed by atoms with van der Waals surface area (Å²) in [5.41, 5.74) is 0. The molecule has 132 valence electrons. The molecule has 3 heterocycles. The standard InChI is InChI=1S/C15H23N5O4/c1-12-10-13(17-24-12)16-14(21)11-18-2-4-19(5-3-18)15(22)20-6-8-23-9-7-20/h10H,2-9,11H2,1H3,(H,16,17,21). The third-order valence-electron chi connectivity index (χ3n) is 4.19. The maximum atomic E-state index is 12.4. The van der Waals surface area contributed by atoms with Crippen LogP contribution in [-0.2, 0) is 9.53 Å². The maximum absolute atomic E-state index is 12.4. The molecule has 1 aromatic heterocycles. The van der Waals surface area contributed by atoms with E-state index in [0.717, 1.165) is 0 Å². The van der Waals surface area contributed by atoms with Gasteiger partial charge in [0.2, 0.25) is 5.91 Å². The van der Waals surface area contributed by atoms with Gasteiger partial charge < -0.3 is 24.4 Å². The Labute approximate surface area is 140 Å². The van der Waals surface area contributed by atoms with Gasteiger partial charge in [-0.3, -0.25) is 9.69 Å². The average molecular weight is 337 g/mol. The molecule has 1 N–H and O–H groups in total. The lowest BCUT2D eigenvalue weighted by molar-refractivity contribution is -0.117. The number of morpholine rings is 1. The van der Waals surface area contributed by atoms with Gasteiger partial charge in [0.15, 0.2) is 5.82 Å². The van der Waals surface area contributed by atoms with Crippen molar-refractivity contribution < 1.29 is 18.8 Å². The van der Waals surface area contributed by atoms with Crippen LogP contribution in [0.2, 0.25) is 0 Å². The number of amides is 3. The summed E-state index contributed by atoms with van der Waals surface area (Å²) >= 11 is 0. The van der Waals surface area contributed by atoms with Gasteiger partial charge >= 0.3 is 6.03 Å². The van der Waals surface area contributed by atoms with Crippen molar-refractivity contribution in [2.24, 2.45) is 0 Å². The zero-order valence-electron chi connectivity index (χ0n) is 13.9. The van der Waals surface area contributed by atoms with E-state index in [-0.39, 0.29) is 18.5 Å². The van der Waals surface area contributed by atoms with Gasteiger partial charge in [-0.25, -0.2) is 4.79 Å². The Kier molecular flexibility index (Phi) is 5.31. The number of anilines is 1. The van der Waals surface area contributed by atoms with E-state index >= 15 is 0 Å². The highest BCUT2D eigenvalue weighted by Crippen LogP contribution is 2.09. The first-order valence-electron chi connectivity index (χ1n) is 8.19. The third kappa shape index (κ3) is 4.24. The molecule has 3 amide bonds. The van der Waals surface area contributed by atoms with Crippen molar-refractivity contribution in [2.75, 3.05) is 64.3 Å². The van der Waals surface area contributed by atoms with Crippen molar-refractivity contribution in [3.63, 3.8) is 0 Å². The highest BCUT2D eigenvalue weighted by atomic mass is 16.5. The maximum Gasteiger partial charge on any atom is 0.320 e. The number of nitrogens with zero attached hydrogens (tertiary/aromatic N) is 4. The SMILES string of the molecule is Cc1cc(NC(=O)CN2CCN(C(=O)N3CCOCC3)CC2)no1. The molecule has 1 aromatic rings. The molecule has 24 heavy (non-hydrogen) atoms. The van der Waals surface area contributed by atoms with E-state index in [1.807, 2.05) is 14.7 Å². The van der Waals surface area contributed by atoms with E-state index in [9.17, 15) is 9.59 Å². The van der Waals surface area contributed by atoms with Gasteiger partial charge in [0.1, 0.15) is 5.76 Å². The minimum atomic E-state index is -0.128. The van der Waals surface area contributed by atoms with Crippen LogP contribution in [-0.4, -0.2) is 90.8 Å². The minimum absolute atomic E-state index is 0.0699. The fourth-order valence-corrected chi connectivity index (χ4v) is 2.86. The first-order valence-corrected chi connectivity index (χ1v) is 8.19. The molecule has 0 bridgehead atoms. The predicted molar refractivity (Wildman–Crippen MR) is 85.7 cm³/mol. The molecule has 2 aliphatic heterocycles. The van der Waals surface area contributed by atoms with E-state index in [2.05, 4.69) is 10.5 Å². The topological polar surface area (TPSA) is 91.2 Å². The predicted octanol–water partition coefficient (Wildman–Crippen LogP) is -0.00868. The van der Waals surface area contributed by atoms with Crippen LogP contribution in [0, 0.1) is 6.92 Å². The van der Waals surface area contributed by atoms with Crippen LogP contribution < -0.4 is 5.32 Å². The minimum Gasteiger partial charge on any atom is -0.378 e. The molecule has 0 aliphatic carbocycles. The number of rotatable bonds is 3. The van der Waals surface area contributed by atoms with Crippen molar-refractivity contribution in [3.05, 3.63) is 11.8 Å². The first-order chi connectivity index (χ1) is 11.6. The Morgan fingerprint density at radius 3 is 2.42 bits per heavy atom. The number of carbonyl (C=O) groups excluding carboxylic acids is 2. The zero-order chi connectivity index (χ0) is 16.9. The van der Waals surface area contributed by atoms with Gasteiger partial charge in [-0.2, -0.15) is 0 Å². The first kappa shape index (κ1) is 16.7. The summed E-state index contributed by atoms with van der Waals surface area (Å²) < 4.78 is 10.2. The molecule has 0 spiro atoms. The van der Waals surface area contributed by atoms with Gasteiger partial charge in [0.25, 0.3) is 0 Å². The number of aromatic nitrogens is 1. The monoisotopic (exact) mass is 337 g/mol. The van der Waals surface area contributed by atoms with E-state index in [1.165, 1.54) is 0 Å². The Morgan fingerprint density at radius 2 is 1.79 bits per heavy atom. The van der Waals surface area contributed by atoms with Crippen molar-refractivity contribution in [3.8, 4) is 0 Å². The van der Waals surface area contributed by atoms with E-state index in [0.29, 0.717) is 64.1 Å². The van der Waals surface area contributed by atoms with Crippen LogP contribution in [0.3, 0.4) is 0 Å². The van der Waals surface area contributed by atoms with E-state index in [1.54, 1.807) is 13.0 Å². The second-order valence-electron chi connectivity index (χ2n) is 6.02. The van der Waals surface area contributed by atoms with Crippen molar-refractivity contribution in [1.82, 2.24) is 19.9 Å². The van der Waals surface area contributed by atoms with Gasteiger partial charge in [0.05, 0.1) is 19.8 Å². The zero-order valence-corrected chi connectivity index (χ0v) is 13.9. The molecule has 3 rings (SSSR count). The van der Waals surface area contributed by atoms with Crippen LogP contribution in [0.15, 0.2) is 10.6 Å². The number of piperazine rings is 1. The fourth-order valence-electron chi connectivity index (χ4n) is 2.86. The Hall–Kier alpha value is -2.13. The number of urea groups is 1. The van der Waals surface area contributed by atoms with Crippen LogP contribution in [0.25, 0.3) is 0 Å². The summed E-state index contributed by atoms with van der Waals surface area (Å²) in [5.74, 6) is 0.954. The normalized spacial score (nSPS) is 19.4. The van der Waals surface area contributed by atoms with Gasteiger partial charge in [-0.1, -0.05) is 5.16 Å². The van der Waals surface area contributed by atoms with E-state index < -0.39 is 0 Å². The molecule has 0 radical (unpaired) electrons. The Balaban J connectivity index is 1.41. The van der Waals surface area contributed by atoms with Crippen molar-refractivity contribution in [2.45, 2.75) is 6.92 Å². The van der Waals surface area contributed by atoms with E-state index in [4.69, 9.17) is 9.26 Å². The molecule has 0 saturated carbocycles. The highest BCUT2D eigenvalue weighted by Gasteiger charge is 2.27. The van der Waals surface area contributed by atoms with Crippen molar-refractivity contribution in [1.29, 1.82) is 0 Å². The Bertz CT molecular complexity index is 576. The molecule has 2 aliphatic rings. The highest BCUT2D eigenvalue weighted by molar-refractivity contribution is 5.91. The molecule has 0 aromatic carbocycles. The molecular formula is C15H23N5O4. The lowest BCUT2D eigenvalue weighted by Gasteiger charge is -2.38. The summed E-state index contributed by atoms with van der Waals surface area (Å²) in [6, 6.07) is 1.75. The number of hydrogen-bond acceptors (Lipinski definition) is 6. The lowest BCUT2D eigenvalue weighted by Crippen LogP contribution is -2.55. The summed E-state index contributed by atoms with van der Waals surface area (Å²) in [6.07, 6.45) is 0. The largest absolute Gasteiger partial charge is 0.378 e. The fraction of sp³-hybridized carbons (Fsp3) is 0.667. The molecular weight excluding hydrogens is 314 g/mol. The number of hydrogen-bond donors (Lipinski definition) is 1. The smallest absolute Gasteiger partial charge is 0.320 e. The van der Waals surface area contributed by atoms with Crippen LogP contribution in [0.1, 0.15) is 5.76 Å². The number of aryl methyl sites for hydroxylation is 1. The molecule has 9 heteroatoms. The Morgan fingerprint density at radius 1 is 1.12 bits per heavy atom. The summed E-state index contributed by atoms with van der Waals surface area (Å²) in [4.78, 5) is 30.1. The number of nitrogens with one attached hydrogen (secondary N) is 1. The van der Waals surface area contributed by atoms with Gasteiger partial charge in [-0.05, 0) is 6.92 Å². The summed E-state index contributed by atoms with van der Waals surface area (Å²) in [5, 5.41) is 6.45. The van der Waals surface area contributed by atoms with Crippen LogP contribution >= 0.6 is 0 Å². The lowest BCUT2D eigenvalue weighted by atomic mass is 10.3. The number of ether oxygens (including phenoxy) is 1. The molecule has 0 atom stereocenters. The summed E-state index contributed by atoms with van der Waals surface area (Å²) in [6.45, 7) is 7.19. The third-order valence-corrected chi connectivity index (χ3v) is 4.19. The second-order valence-corrected chi connectivity index (χ2v) is 6.02. The average Bonchev–Trinajstić information content (AvgIpc) is 3.00.